The Hall–Kier alpha value is -2.94. The standard InChI is InChI=1S/C25H26N2O4S2/c1-33(29,30)27-14-12-26(13-15-27)25(28)23(24-11-6-16-32-24)18-21-9-5-10-22(17-21)31-19-20-7-3-2-4-8-20/h2-11,16-18H,12-15,19H2,1H3/b23-18+. The summed E-state index contributed by atoms with van der Waals surface area (Å²) in [5.41, 5.74) is 2.55. The number of piperazine rings is 1. The molecule has 3 aromatic rings. The Bertz CT molecular complexity index is 1210. The number of ether oxygens (including phenoxy) is 1. The third-order valence-electron chi connectivity index (χ3n) is 5.43. The van der Waals surface area contributed by atoms with Crippen molar-refractivity contribution in [1.29, 1.82) is 0 Å². The average molecular weight is 483 g/mol. The number of hydrogen-bond acceptors (Lipinski definition) is 5. The average Bonchev–Trinajstić information content (AvgIpc) is 3.36. The minimum absolute atomic E-state index is 0.0961. The highest BCUT2D eigenvalue weighted by molar-refractivity contribution is 7.88. The smallest absolute Gasteiger partial charge is 0.255 e. The van der Waals surface area contributed by atoms with Gasteiger partial charge in [-0.1, -0.05) is 48.5 Å². The lowest BCUT2D eigenvalue weighted by atomic mass is 10.1. The maximum Gasteiger partial charge on any atom is 0.255 e. The molecule has 2 aromatic carbocycles. The van der Waals surface area contributed by atoms with E-state index >= 15 is 0 Å². The fourth-order valence-corrected chi connectivity index (χ4v) is 5.23. The Balaban J connectivity index is 1.53. The summed E-state index contributed by atoms with van der Waals surface area (Å²) in [5.74, 6) is 0.633. The van der Waals surface area contributed by atoms with Gasteiger partial charge in [0.2, 0.25) is 10.0 Å². The van der Waals surface area contributed by atoms with Crippen LogP contribution in [0.3, 0.4) is 0 Å². The predicted molar refractivity (Wildman–Crippen MR) is 132 cm³/mol. The first kappa shape index (κ1) is 23.2. The maximum absolute atomic E-state index is 13.4. The summed E-state index contributed by atoms with van der Waals surface area (Å²) >= 11 is 1.51. The van der Waals surface area contributed by atoms with Crippen LogP contribution in [0.15, 0.2) is 72.1 Å². The van der Waals surface area contributed by atoms with Crippen LogP contribution < -0.4 is 4.74 Å². The molecule has 0 spiro atoms. The van der Waals surface area contributed by atoms with Crippen LogP contribution in [0.2, 0.25) is 0 Å². The third-order valence-corrected chi connectivity index (χ3v) is 7.64. The molecular formula is C25H26N2O4S2. The van der Waals surface area contributed by atoms with Crippen molar-refractivity contribution in [2.75, 3.05) is 32.4 Å². The molecular weight excluding hydrogens is 456 g/mol. The van der Waals surface area contributed by atoms with Crippen LogP contribution in [0.1, 0.15) is 16.0 Å². The molecule has 0 saturated carbocycles. The predicted octanol–water partition coefficient (Wildman–Crippen LogP) is 3.97. The van der Waals surface area contributed by atoms with Crippen LogP contribution in [0.4, 0.5) is 0 Å². The minimum atomic E-state index is -3.25. The number of thiophene rings is 1. The highest BCUT2D eigenvalue weighted by Gasteiger charge is 2.28. The van der Waals surface area contributed by atoms with Crippen molar-refractivity contribution in [1.82, 2.24) is 9.21 Å². The van der Waals surface area contributed by atoms with E-state index < -0.39 is 10.0 Å². The van der Waals surface area contributed by atoms with Gasteiger partial charge in [0.1, 0.15) is 12.4 Å². The van der Waals surface area contributed by atoms with Crippen LogP contribution in [0.25, 0.3) is 11.6 Å². The second-order valence-corrected chi connectivity index (χ2v) is 10.8. The molecule has 0 bridgehead atoms. The maximum atomic E-state index is 13.4. The van der Waals surface area contributed by atoms with Crippen molar-refractivity contribution in [2.24, 2.45) is 0 Å². The minimum Gasteiger partial charge on any atom is -0.489 e. The SMILES string of the molecule is CS(=O)(=O)N1CCN(C(=O)/C(=C/c2cccc(OCc3ccccc3)c2)c2cccs2)CC1. The first-order valence-electron chi connectivity index (χ1n) is 10.7. The van der Waals surface area contributed by atoms with Gasteiger partial charge in [0.25, 0.3) is 5.91 Å². The van der Waals surface area contributed by atoms with E-state index in [1.54, 1.807) is 4.90 Å². The number of rotatable bonds is 7. The molecule has 0 N–H and O–H groups in total. The fourth-order valence-electron chi connectivity index (χ4n) is 3.66. The van der Waals surface area contributed by atoms with Crippen molar-refractivity contribution >= 4 is 38.9 Å². The van der Waals surface area contributed by atoms with E-state index in [4.69, 9.17) is 4.74 Å². The van der Waals surface area contributed by atoms with E-state index in [0.717, 1.165) is 21.8 Å². The Morgan fingerprint density at radius 1 is 1.00 bits per heavy atom. The van der Waals surface area contributed by atoms with Gasteiger partial charge in [-0.05, 0) is 40.8 Å². The Labute approximate surface area is 198 Å². The van der Waals surface area contributed by atoms with E-state index in [9.17, 15) is 13.2 Å². The second kappa shape index (κ2) is 10.3. The van der Waals surface area contributed by atoms with E-state index in [2.05, 4.69) is 0 Å². The summed E-state index contributed by atoms with van der Waals surface area (Å²) in [7, 11) is -3.25. The molecule has 1 aliphatic heterocycles. The van der Waals surface area contributed by atoms with Crippen LogP contribution in [0, 0.1) is 0 Å². The normalized spacial score (nSPS) is 15.4. The second-order valence-electron chi connectivity index (χ2n) is 7.84. The molecule has 1 aliphatic rings. The molecule has 8 heteroatoms. The summed E-state index contributed by atoms with van der Waals surface area (Å²) in [6.07, 6.45) is 3.08. The largest absolute Gasteiger partial charge is 0.489 e. The van der Waals surface area contributed by atoms with Crippen molar-refractivity contribution in [3.8, 4) is 5.75 Å². The Morgan fingerprint density at radius 2 is 1.76 bits per heavy atom. The number of carbonyl (C=O) groups is 1. The number of carbonyl (C=O) groups excluding carboxylic acids is 1. The lowest BCUT2D eigenvalue weighted by molar-refractivity contribution is -0.126. The molecule has 1 amide bonds. The van der Waals surface area contributed by atoms with Crippen LogP contribution in [-0.4, -0.2) is 56.0 Å². The molecule has 4 rings (SSSR count). The summed E-state index contributed by atoms with van der Waals surface area (Å²) < 4.78 is 31.0. The quantitative estimate of drug-likeness (QED) is 0.478. The highest BCUT2D eigenvalue weighted by atomic mass is 32.2. The van der Waals surface area contributed by atoms with E-state index in [0.29, 0.717) is 38.4 Å². The van der Waals surface area contributed by atoms with Crippen LogP contribution in [0.5, 0.6) is 5.75 Å². The van der Waals surface area contributed by atoms with E-state index in [1.165, 1.54) is 21.9 Å². The first-order chi connectivity index (χ1) is 15.9. The van der Waals surface area contributed by atoms with Crippen molar-refractivity contribution in [2.45, 2.75) is 6.61 Å². The number of benzene rings is 2. The molecule has 0 atom stereocenters. The van der Waals surface area contributed by atoms with Gasteiger partial charge in [-0.2, -0.15) is 4.31 Å². The zero-order valence-electron chi connectivity index (χ0n) is 18.4. The van der Waals surface area contributed by atoms with Gasteiger partial charge in [0, 0.05) is 31.1 Å². The lowest BCUT2D eigenvalue weighted by Gasteiger charge is -2.33. The van der Waals surface area contributed by atoms with Gasteiger partial charge >= 0.3 is 0 Å². The van der Waals surface area contributed by atoms with Crippen molar-refractivity contribution < 1.29 is 17.9 Å². The summed E-state index contributed by atoms with van der Waals surface area (Å²) in [4.78, 5) is 16.0. The molecule has 6 nitrogen and oxygen atoms in total. The van der Waals surface area contributed by atoms with Gasteiger partial charge in [0.05, 0.1) is 11.8 Å². The number of amides is 1. The monoisotopic (exact) mass is 482 g/mol. The number of hydrogen-bond donors (Lipinski definition) is 0. The van der Waals surface area contributed by atoms with Gasteiger partial charge in [-0.25, -0.2) is 8.42 Å². The number of sulfonamides is 1. The molecule has 33 heavy (non-hydrogen) atoms. The zero-order valence-corrected chi connectivity index (χ0v) is 20.0. The highest BCUT2D eigenvalue weighted by Crippen LogP contribution is 2.27. The number of nitrogens with zero attached hydrogens (tertiary/aromatic N) is 2. The summed E-state index contributed by atoms with van der Waals surface area (Å²) in [6, 6.07) is 21.5. The zero-order chi connectivity index (χ0) is 23.3. The molecule has 172 valence electrons. The summed E-state index contributed by atoms with van der Waals surface area (Å²) in [5, 5.41) is 1.94. The van der Waals surface area contributed by atoms with Gasteiger partial charge in [0.15, 0.2) is 0 Å². The van der Waals surface area contributed by atoms with Crippen molar-refractivity contribution in [3.63, 3.8) is 0 Å². The van der Waals surface area contributed by atoms with E-state index in [1.807, 2.05) is 78.2 Å². The molecule has 1 aromatic heterocycles. The summed E-state index contributed by atoms with van der Waals surface area (Å²) in [6.45, 7) is 1.83. The molecule has 1 fully saturated rings. The van der Waals surface area contributed by atoms with Crippen molar-refractivity contribution in [3.05, 3.63) is 88.1 Å². The lowest BCUT2D eigenvalue weighted by Crippen LogP contribution is -2.50. The van der Waals surface area contributed by atoms with Gasteiger partial charge in [-0.15, -0.1) is 11.3 Å². The molecule has 0 aliphatic carbocycles. The molecule has 0 unspecified atom stereocenters. The van der Waals surface area contributed by atoms with Crippen LogP contribution >= 0.6 is 11.3 Å². The van der Waals surface area contributed by atoms with Gasteiger partial charge < -0.3 is 9.64 Å². The van der Waals surface area contributed by atoms with Gasteiger partial charge in [-0.3, -0.25) is 4.79 Å². The molecule has 1 saturated heterocycles. The van der Waals surface area contributed by atoms with Crippen LogP contribution in [-0.2, 0) is 21.4 Å². The van der Waals surface area contributed by atoms with E-state index in [-0.39, 0.29) is 5.91 Å². The first-order valence-corrected chi connectivity index (χ1v) is 13.4. The fraction of sp³-hybridized carbons (Fsp3) is 0.240. The Kier molecular flexibility index (Phi) is 7.27. The third kappa shape index (κ3) is 6.10. The molecule has 0 radical (unpaired) electrons. The molecule has 2 heterocycles. The Morgan fingerprint density at radius 3 is 2.42 bits per heavy atom. The topological polar surface area (TPSA) is 66.9 Å².